The Morgan fingerprint density at radius 2 is 0.809 bits per heavy atom. The van der Waals surface area contributed by atoms with Crippen LogP contribution in [0.4, 0.5) is 0 Å². The van der Waals surface area contributed by atoms with Crippen LogP contribution in [0.15, 0.2) is 0 Å². The van der Waals surface area contributed by atoms with E-state index >= 15 is 0 Å². The zero-order valence-electron chi connectivity index (χ0n) is 25.4. The summed E-state index contributed by atoms with van der Waals surface area (Å²) in [6.45, 7) is -2.87. The number of aliphatic hydroxyl groups excluding tert-OH is 12. The first-order chi connectivity index (χ1) is 22.3. The van der Waals surface area contributed by atoms with E-state index in [1.165, 1.54) is 7.11 Å². The first-order valence-electron chi connectivity index (χ1n) is 14.9. The molecule has 20 atom stereocenters. The Morgan fingerprint density at radius 1 is 0.404 bits per heavy atom. The number of ether oxygens (including phenoxy) is 9. The van der Waals surface area contributed by atoms with E-state index in [0.29, 0.717) is 0 Å². The van der Waals surface area contributed by atoms with Crippen LogP contribution in [0, 0.1) is 0 Å². The second-order valence-electron chi connectivity index (χ2n) is 11.6. The molecule has 4 saturated heterocycles. The van der Waals surface area contributed by atoms with Gasteiger partial charge in [-0.05, 0) is 0 Å². The second kappa shape index (κ2) is 16.9. The van der Waals surface area contributed by atoms with Crippen molar-refractivity contribution in [3.63, 3.8) is 0 Å². The van der Waals surface area contributed by atoms with Crippen LogP contribution >= 0.6 is 0 Å². The molecular formula is C26H46O21. The summed E-state index contributed by atoms with van der Waals surface area (Å²) in [6.07, 6.45) is -32.4. The summed E-state index contributed by atoms with van der Waals surface area (Å²) in [5.74, 6) is 0. The Labute approximate surface area is 267 Å². The Bertz CT molecular complexity index is 932. The monoisotopic (exact) mass is 694 g/mol. The molecule has 0 aliphatic carbocycles. The van der Waals surface area contributed by atoms with Gasteiger partial charge in [0.05, 0.1) is 26.4 Å². The maximum absolute atomic E-state index is 11.2. The van der Waals surface area contributed by atoms with Gasteiger partial charge in [0.2, 0.25) is 0 Å². The highest BCUT2D eigenvalue weighted by Crippen LogP contribution is 2.33. The third kappa shape index (κ3) is 8.06. The van der Waals surface area contributed by atoms with E-state index in [9.17, 15) is 61.3 Å². The summed E-state index contributed by atoms with van der Waals surface area (Å²) in [6, 6.07) is 0. The molecule has 4 rings (SSSR count). The number of methoxy groups -OCH3 is 2. The van der Waals surface area contributed by atoms with Gasteiger partial charge in [-0.1, -0.05) is 0 Å². The number of aliphatic hydroxyl groups is 12. The van der Waals surface area contributed by atoms with Crippen molar-refractivity contribution in [2.24, 2.45) is 0 Å². The highest BCUT2D eigenvalue weighted by atomic mass is 16.8. The van der Waals surface area contributed by atoms with E-state index in [0.717, 1.165) is 7.11 Å². The number of hydrogen-bond donors (Lipinski definition) is 12. The standard InChI is InChI=1S/C26H46O21/c1-39-20-14(33)10(6-41-24-16(35)15(34)11(30)7(3-27)43-24)45-25(17(20)36)47-22-13(32)9(5-29)44-26(19(22)38)46-21-12(31)8(4-28)42-23(40-2)18(21)37/h7-38H,3-6H2,1-2H3/t7?,8?,9?,10?,11-,12-,13-,14-,15+,16?,17?,18?,19?,20+,21+,22+,23-,24-,25+,26+/m1/s1. The normalized spacial score (nSPS) is 51.2. The van der Waals surface area contributed by atoms with Crippen molar-refractivity contribution in [3.05, 3.63) is 0 Å². The van der Waals surface area contributed by atoms with Crippen LogP contribution in [0.2, 0.25) is 0 Å². The average molecular weight is 695 g/mol. The fourth-order valence-corrected chi connectivity index (χ4v) is 5.87. The molecular weight excluding hydrogens is 648 g/mol. The van der Waals surface area contributed by atoms with Gasteiger partial charge >= 0.3 is 0 Å². The van der Waals surface area contributed by atoms with Crippen LogP contribution < -0.4 is 0 Å². The van der Waals surface area contributed by atoms with E-state index < -0.39 is 149 Å². The Hall–Kier alpha value is -0.840. The molecule has 0 saturated carbocycles. The fourth-order valence-electron chi connectivity index (χ4n) is 5.87. The Balaban J connectivity index is 1.49. The zero-order chi connectivity index (χ0) is 34.7. The second-order valence-corrected chi connectivity index (χ2v) is 11.6. The molecule has 4 aliphatic rings. The predicted octanol–water partition coefficient (Wildman–Crippen LogP) is -8.44. The topological polar surface area (TPSA) is 326 Å². The summed E-state index contributed by atoms with van der Waals surface area (Å²) in [5.41, 5.74) is 0. The smallest absolute Gasteiger partial charge is 0.187 e. The third-order valence-electron chi connectivity index (χ3n) is 8.65. The molecule has 0 spiro atoms. The molecule has 12 N–H and O–H groups in total. The molecule has 47 heavy (non-hydrogen) atoms. The van der Waals surface area contributed by atoms with Gasteiger partial charge in [-0.3, -0.25) is 0 Å². The lowest BCUT2D eigenvalue weighted by molar-refractivity contribution is -0.382. The minimum Gasteiger partial charge on any atom is -0.394 e. The molecule has 0 radical (unpaired) electrons. The van der Waals surface area contributed by atoms with Crippen LogP contribution in [-0.2, 0) is 42.6 Å². The maximum atomic E-state index is 11.2. The van der Waals surface area contributed by atoms with Gasteiger partial charge < -0.3 is 104 Å². The zero-order valence-corrected chi connectivity index (χ0v) is 25.4. The minimum atomic E-state index is -1.95. The van der Waals surface area contributed by atoms with Gasteiger partial charge in [0.25, 0.3) is 0 Å². The molecule has 21 nitrogen and oxygen atoms in total. The summed E-state index contributed by atoms with van der Waals surface area (Å²) < 4.78 is 48.8. The van der Waals surface area contributed by atoms with Gasteiger partial charge in [0, 0.05) is 14.2 Å². The Morgan fingerprint density at radius 3 is 1.30 bits per heavy atom. The first-order valence-corrected chi connectivity index (χ1v) is 14.9. The highest BCUT2D eigenvalue weighted by Gasteiger charge is 2.54. The van der Waals surface area contributed by atoms with Crippen LogP contribution in [0.3, 0.4) is 0 Å². The van der Waals surface area contributed by atoms with Crippen LogP contribution in [0.1, 0.15) is 0 Å². The largest absolute Gasteiger partial charge is 0.394 e. The van der Waals surface area contributed by atoms with E-state index in [4.69, 9.17) is 42.6 Å². The molecule has 0 aromatic heterocycles. The molecule has 0 amide bonds. The maximum Gasteiger partial charge on any atom is 0.187 e. The van der Waals surface area contributed by atoms with Gasteiger partial charge in [-0.15, -0.1) is 0 Å². The predicted molar refractivity (Wildman–Crippen MR) is 143 cm³/mol. The van der Waals surface area contributed by atoms with Gasteiger partial charge in [0.1, 0.15) is 97.7 Å². The number of rotatable bonds is 12. The molecule has 8 unspecified atom stereocenters. The molecule has 4 heterocycles. The fraction of sp³-hybridized carbons (Fsp3) is 1.00. The summed E-state index contributed by atoms with van der Waals surface area (Å²) in [4.78, 5) is 0. The lowest BCUT2D eigenvalue weighted by Gasteiger charge is -2.48. The molecule has 4 aliphatic heterocycles. The molecule has 0 aromatic rings. The van der Waals surface area contributed by atoms with Crippen molar-refractivity contribution >= 4 is 0 Å². The highest BCUT2D eigenvalue weighted by molar-refractivity contribution is 4.97. The molecule has 21 heteroatoms. The quantitative estimate of drug-likeness (QED) is 0.0902. The van der Waals surface area contributed by atoms with Gasteiger partial charge in [-0.2, -0.15) is 0 Å². The SMILES string of the molecule is CO[C@@H]1OC(CO)[C@@H](O)[C@H](O[C@@H]2OC(CO)[C@@H](O)[C@H](O[C@@H]3OC(CO[C@@H]4OC(CO)[C@@H](O)[C@H](O)C4O)[C@@H](O)[C@H](OC)C3O)C2O)C1O. The molecule has 0 aromatic carbocycles. The molecule has 4 fully saturated rings. The lowest BCUT2D eigenvalue weighted by atomic mass is 9.96. The first kappa shape index (κ1) is 39.0. The molecule has 276 valence electrons. The van der Waals surface area contributed by atoms with Crippen molar-refractivity contribution < 1.29 is 104 Å². The van der Waals surface area contributed by atoms with E-state index in [-0.39, 0.29) is 0 Å². The third-order valence-corrected chi connectivity index (χ3v) is 8.65. The van der Waals surface area contributed by atoms with Gasteiger partial charge in [-0.25, -0.2) is 0 Å². The summed E-state index contributed by atoms with van der Waals surface area (Å²) in [5, 5.41) is 124. The van der Waals surface area contributed by atoms with Gasteiger partial charge in [0.15, 0.2) is 25.2 Å². The van der Waals surface area contributed by atoms with Crippen LogP contribution in [0.5, 0.6) is 0 Å². The van der Waals surface area contributed by atoms with Crippen molar-refractivity contribution in [3.8, 4) is 0 Å². The van der Waals surface area contributed by atoms with Crippen molar-refractivity contribution in [2.45, 2.75) is 123 Å². The van der Waals surface area contributed by atoms with E-state index in [2.05, 4.69) is 0 Å². The van der Waals surface area contributed by atoms with Crippen molar-refractivity contribution in [1.82, 2.24) is 0 Å². The van der Waals surface area contributed by atoms with E-state index in [1.807, 2.05) is 0 Å². The van der Waals surface area contributed by atoms with Crippen molar-refractivity contribution in [2.75, 3.05) is 40.6 Å². The van der Waals surface area contributed by atoms with Crippen LogP contribution in [0.25, 0.3) is 0 Å². The van der Waals surface area contributed by atoms with Crippen LogP contribution in [-0.4, -0.2) is 225 Å². The average Bonchev–Trinajstić information content (AvgIpc) is 3.06. The van der Waals surface area contributed by atoms with Crippen molar-refractivity contribution in [1.29, 1.82) is 0 Å². The Kier molecular flexibility index (Phi) is 14.0. The number of hydrogen-bond acceptors (Lipinski definition) is 21. The lowest BCUT2D eigenvalue weighted by Crippen LogP contribution is -2.67. The summed E-state index contributed by atoms with van der Waals surface area (Å²) in [7, 11) is 2.34. The molecule has 0 bridgehead atoms. The van der Waals surface area contributed by atoms with E-state index in [1.54, 1.807) is 0 Å². The minimum absolute atomic E-state index is 0.605. The summed E-state index contributed by atoms with van der Waals surface area (Å²) >= 11 is 0.